The predicted molar refractivity (Wildman–Crippen MR) is 88.7 cm³/mol. The summed E-state index contributed by atoms with van der Waals surface area (Å²) in [6, 6.07) is 16.9. The van der Waals surface area contributed by atoms with E-state index in [1.165, 1.54) is 19.1 Å². The number of carbonyl (C=O) groups is 2. The van der Waals surface area contributed by atoms with Crippen molar-refractivity contribution < 1.29 is 18.0 Å². The second-order valence-electron chi connectivity index (χ2n) is 5.79. The number of hydrogen-bond donors (Lipinski definition) is 0. The van der Waals surface area contributed by atoms with E-state index in [0.29, 0.717) is 0 Å². The number of rotatable bonds is 4. The topological polar surface area (TPSA) is 71.5 Å². The standard InChI is InChI=1S/C18H17NO4S/c1-13(20)17-16(14-8-4-2-5-9-14)12-19(18(17)21)24(22,23)15-10-6-3-7-11-15/h2-11,16-17H,12H2,1H3. The van der Waals surface area contributed by atoms with Crippen LogP contribution < -0.4 is 0 Å². The molecule has 0 radical (unpaired) electrons. The summed E-state index contributed by atoms with van der Waals surface area (Å²) in [5.74, 6) is -2.40. The molecule has 6 heteroatoms. The zero-order valence-corrected chi connectivity index (χ0v) is 13.9. The molecule has 1 saturated heterocycles. The first kappa shape index (κ1) is 16.4. The first-order valence-corrected chi connectivity index (χ1v) is 9.04. The van der Waals surface area contributed by atoms with Gasteiger partial charge < -0.3 is 0 Å². The Balaban J connectivity index is 2.03. The summed E-state index contributed by atoms with van der Waals surface area (Å²) < 4.78 is 26.4. The second kappa shape index (κ2) is 6.20. The number of ketones is 1. The van der Waals surface area contributed by atoms with E-state index in [9.17, 15) is 18.0 Å². The quantitative estimate of drug-likeness (QED) is 0.798. The zero-order chi connectivity index (χ0) is 17.3. The van der Waals surface area contributed by atoms with Crippen LogP contribution in [-0.4, -0.2) is 31.0 Å². The monoisotopic (exact) mass is 343 g/mol. The van der Waals surface area contributed by atoms with E-state index in [1.807, 2.05) is 30.3 Å². The molecule has 24 heavy (non-hydrogen) atoms. The molecule has 2 aromatic carbocycles. The molecular formula is C18H17NO4S. The van der Waals surface area contributed by atoms with Gasteiger partial charge in [0, 0.05) is 12.5 Å². The van der Waals surface area contributed by atoms with Gasteiger partial charge in [-0.05, 0) is 24.6 Å². The molecule has 0 bridgehead atoms. The Hall–Kier alpha value is -2.47. The lowest BCUT2D eigenvalue weighted by Gasteiger charge is -2.17. The Morgan fingerprint density at radius 1 is 1.00 bits per heavy atom. The van der Waals surface area contributed by atoms with Crippen molar-refractivity contribution in [2.75, 3.05) is 6.54 Å². The van der Waals surface area contributed by atoms with Crippen molar-refractivity contribution in [3.8, 4) is 0 Å². The van der Waals surface area contributed by atoms with Crippen LogP contribution >= 0.6 is 0 Å². The van der Waals surface area contributed by atoms with Crippen molar-refractivity contribution in [1.29, 1.82) is 0 Å². The van der Waals surface area contributed by atoms with E-state index < -0.39 is 27.8 Å². The van der Waals surface area contributed by atoms with Gasteiger partial charge in [-0.25, -0.2) is 12.7 Å². The maximum Gasteiger partial charge on any atom is 0.266 e. The van der Waals surface area contributed by atoms with Gasteiger partial charge >= 0.3 is 0 Å². The van der Waals surface area contributed by atoms with Gasteiger partial charge in [0.2, 0.25) is 5.91 Å². The minimum Gasteiger partial charge on any atom is -0.299 e. The van der Waals surface area contributed by atoms with E-state index in [2.05, 4.69) is 0 Å². The average molecular weight is 343 g/mol. The smallest absolute Gasteiger partial charge is 0.266 e. The third-order valence-corrected chi connectivity index (χ3v) is 6.05. The van der Waals surface area contributed by atoms with Crippen LogP contribution in [0.15, 0.2) is 65.6 Å². The molecule has 3 rings (SSSR count). The van der Waals surface area contributed by atoms with Crippen LogP contribution in [0.2, 0.25) is 0 Å². The molecule has 1 aliphatic rings. The molecule has 1 amide bonds. The molecule has 0 N–H and O–H groups in total. The van der Waals surface area contributed by atoms with Crippen LogP contribution in [0.5, 0.6) is 0 Å². The minimum absolute atomic E-state index is 0.0235. The van der Waals surface area contributed by atoms with E-state index >= 15 is 0 Å². The van der Waals surface area contributed by atoms with Crippen molar-refractivity contribution >= 4 is 21.7 Å². The molecule has 0 saturated carbocycles. The van der Waals surface area contributed by atoms with E-state index in [4.69, 9.17) is 0 Å². The Bertz CT molecular complexity index is 862. The van der Waals surface area contributed by atoms with Crippen LogP contribution in [-0.2, 0) is 19.6 Å². The Morgan fingerprint density at radius 3 is 2.08 bits per heavy atom. The summed E-state index contributed by atoms with van der Waals surface area (Å²) in [5.41, 5.74) is 0.789. The van der Waals surface area contributed by atoms with Crippen LogP contribution in [0.4, 0.5) is 0 Å². The van der Waals surface area contributed by atoms with Crippen molar-refractivity contribution in [3.63, 3.8) is 0 Å². The number of Topliss-reactive ketones (excluding diaryl/α,β-unsaturated/α-hetero) is 1. The lowest BCUT2D eigenvalue weighted by Crippen LogP contribution is -2.35. The molecule has 1 heterocycles. The number of hydrogen-bond acceptors (Lipinski definition) is 4. The van der Waals surface area contributed by atoms with Gasteiger partial charge in [0.15, 0.2) is 0 Å². The minimum atomic E-state index is -3.96. The highest BCUT2D eigenvalue weighted by Gasteiger charge is 2.48. The fourth-order valence-corrected chi connectivity index (χ4v) is 4.56. The highest BCUT2D eigenvalue weighted by molar-refractivity contribution is 7.89. The van der Waals surface area contributed by atoms with Gasteiger partial charge in [0.1, 0.15) is 11.7 Å². The Kier molecular flexibility index (Phi) is 4.24. The molecule has 2 aromatic rings. The molecule has 124 valence electrons. The van der Waals surface area contributed by atoms with Gasteiger partial charge in [0.25, 0.3) is 10.0 Å². The highest BCUT2D eigenvalue weighted by Crippen LogP contribution is 2.37. The van der Waals surface area contributed by atoms with Gasteiger partial charge in [-0.1, -0.05) is 48.5 Å². The summed E-state index contributed by atoms with van der Waals surface area (Å²) in [5, 5.41) is 0. The summed E-state index contributed by atoms with van der Waals surface area (Å²) in [4.78, 5) is 24.7. The molecule has 2 atom stereocenters. The lowest BCUT2D eigenvalue weighted by atomic mass is 9.86. The predicted octanol–water partition coefficient (Wildman–Crippen LogP) is 2.21. The highest BCUT2D eigenvalue weighted by atomic mass is 32.2. The first-order valence-electron chi connectivity index (χ1n) is 7.60. The fraction of sp³-hybridized carbons (Fsp3) is 0.222. The number of amides is 1. The van der Waals surface area contributed by atoms with Crippen molar-refractivity contribution in [2.24, 2.45) is 5.92 Å². The summed E-state index contributed by atoms with van der Waals surface area (Å²) in [7, 11) is -3.96. The van der Waals surface area contributed by atoms with Crippen LogP contribution in [0.3, 0.4) is 0 Å². The summed E-state index contributed by atoms with van der Waals surface area (Å²) >= 11 is 0. The van der Waals surface area contributed by atoms with E-state index in [1.54, 1.807) is 18.2 Å². The first-order chi connectivity index (χ1) is 11.4. The second-order valence-corrected chi connectivity index (χ2v) is 7.66. The molecule has 1 fully saturated rings. The SMILES string of the molecule is CC(=O)C1C(=O)N(S(=O)(=O)c2ccccc2)CC1c1ccccc1. The molecular weight excluding hydrogens is 326 g/mol. The molecule has 0 aliphatic carbocycles. The Morgan fingerprint density at radius 2 is 1.54 bits per heavy atom. The zero-order valence-electron chi connectivity index (χ0n) is 13.1. The van der Waals surface area contributed by atoms with Gasteiger partial charge in [-0.3, -0.25) is 9.59 Å². The average Bonchev–Trinajstić information content (AvgIpc) is 2.95. The number of nitrogens with zero attached hydrogens (tertiary/aromatic N) is 1. The van der Waals surface area contributed by atoms with E-state index in [0.717, 1.165) is 9.87 Å². The Labute approximate surface area is 141 Å². The summed E-state index contributed by atoms with van der Waals surface area (Å²) in [6.45, 7) is 1.31. The lowest BCUT2D eigenvalue weighted by molar-refractivity contribution is -0.133. The van der Waals surface area contributed by atoms with E-state index in [-0.39, 0.29) is 17.2 Å². The van der Waals surface area contributed by atoms with Crippen LogP contribution in [0.25, 0.3) is 0 Å². The van der Waals surface area contributed by atoms with Crippen molar-refractivity contribution in [3.05, 3.63) is 66.2 Å². The van der Waals surface area contributed by atoms with Gasteiger partial charge in [-0.2, -0.15) is 0 Å². The normalized spacial score (nSPS) is 21.0. The number of carbonyl (C=O) groups excluding carboxylic acids is 2. The van der Waals surface area contributed by atoms with Gasteiger partial charge in [0.05, 0.1) is 4.90 Å². The molecule has 1 aliphatic heterocycles. The van der Waals surface area contributed by atoms with Crippen molar-refractivity contribution in [2.45, 2.75) is 17.7 Å². The summed E-state index contributed by atoms with van der Waals surface area (Å²) in [6.07, 6.45) is 0. The molecule has 0 aromatic heterocycles. The van der Waals surface area contributed by atoms with Crippen LogP contribution in [0, 0.1) is 5.92 Å². The molecule has 0 spiro atoms. The largest absolute Gasteiger partial charge is 0.299 e. The molecule has 2 unspecified atom stereocenters. The maximum absolute atomic E-state index is 12.8. The number of sulfonamides is 1. The van der Waals surface area contributed by atoms with Gasteiger partial charge in [-0.15, -0.1) is 0 Å². The fourth-order valence-electron chi connectivity index (χ4n) is 3.09. The third-order valence-electron chi connectivity index (χ3n) is 4.27. The number of benzene rings is 2. The van der Waals surface area contributed by atoms with Crippen molar-refractivity contribution in [1.82, 2.24) is 4.31 Å². The van der Waals surface area contributed by atoms with Crippen LogP contribution in [0.1, 0.15) is 18.4 Å². The third kappa shape index (κ3) is 2.73. The maximum atomic E-state index is 12.8. The molecule has 5 nitrogen and oxygen atoms in total.